The van der Waals surface area contributed by atoms with Crippen molar-refractivity contribution in [2.75, 3.05) is 7.05 Å². The third kappa shape index (κ3) is 3.32. The van der Waals surface area contributed by atoms with E-state index in [2.05, 4.69) is 11.9 Å². The van der Waals surface area contributed by atoms with Gasteiger partial charge >= 0.3 is 6.09 Å². The zero-order valence-electron chi connectivity index (χ0n) is 10.0. The number of alkyl carbamates (subject to hydrolysis) is 1. The number of carbonyl (C=O) groups excluding carboxylic acids is 1. The normalized spacial score (nSPS) is 13.6. The van der Waals surface area contributed by atoms with E-state index < -0.39 is 18.3 Å². The topological polar surface area (TPSA) is 58.6 Å². The van der Waals surface area contributed by atoms with Crippen molar-refractivity contribution in [2.24, 2.45) is 0 Å². The van der Waals surface area contributed by atoms with Crippen LogP contribution in [0.4, 0.5) is 4.79 Å². The summed E-state index contributed by atoms with van der Waals surface area (Å²) >= 11 is 0. The van der Waals surface area contributed by atoms with E-state index in [1.807, 2.05) is 18.2 Å². The summed E-state index contributed by atoms with van der Waals surface area (Å²) in [6, 6.07) is 7.30. The largest absolute Gasteiger partial charge is 0.443 e. The Morgan fingerprint density at radius 3 is 2.76 bits per heavy atom. The zero-order chi connectivity index (χ0) is 12.8. The summed E-state index contributed by atoms with van der Waals surface area (Å²) in [5, 5.41) is 12.4. The standard InChI is InChI=1S/C13H17NO3/c1-4-10-7-5-6-8-11(10)12(15)9(2)17-13(16)14-3/h4-9,12,15H,1H2,2-3H3,(H,14,16)/t9-,12+/m1/s1. The number of ether oxygens (including phenoxy) is 1. The fraction of sp³-hybridized carbons (Fsp3) is 0.308. The summed E-state index contributed by atoms with van der Waals surface area (Å²) in [7, 11) is 1.47. The average molecular weight is 235 g/mol. The highest BCUT2D eigenvalue weighted by Crippen LogP contribution is 2.23. The van der Waals surface area contributed by atoms with Gasteiger partial charge < -0.3 is 15.2 Å². The van der Waals surface area contributed by atoms with Crippen LogP contribution >= 0.6 is 0 Å². The third-order valence-electron chi connectivity index (χ3n) is 2.48. The van der Waals surface area contributed by atoms with Crippen LogP contribution in [-0.4, -0.2) is 24.4 Å². The second-order valence-corrected chi connectivity index (χ2v) is 3.64. The molecule has 0 aliphatic heterocycles. The molecule has 1 aromatic rings. The Labute approximate surface area is 101 Å². The van der Waals surface area contributed by atoms with Crippen molar-refractivity contribution < 1.29 is 14.6 Å². The van der Waals surface area contributed by atoms with Crippen molar-refractivity contribution in [1.82, 2.24) is 5.32 Å². The lowest BCUT2D eigenvalue weighted by molar-refractivity contribution is 0.0126. The Balaban J connectivity index is 2.84. The van der Waals surface area contributed by atoms with E-state index in [4.69, 9.17) is 4.74 Å². The monoisotopic (exact) mass is 235 g/mol. The predicted molar refractivity (Wildman–Crippen MR) is 66.5 cm³/mol. The van der Waals surface area contributed by atoms with Crippen LogP contribution in [0.5, 0.6) is 0 Å². The maximum absolute atomic E-state index is 11.0. The molecule has 0 aliphatic rings. The fourth-order valence-corrected chi connectivity index (χ4v) is 1.51. The van der Waals surface area contributed by atoms with Crippen LogP contribution in [0, 0.1) is 0 Å². The molecule has 0 saturated heterocycles. The summed E-state index contributed by atoms with van der Waals surface area (Å²) in [6.45, 7) is 5.32. The summed E-state index contributed by atoms with van der Waals surface area (Å²) in [5.74, 6) is 0. The highest BCUT2D eigenvalue weighted by atomic mass is 16.6. The van der Waals surface area contributed by atoms with E-state index in [1.54, 1.807) is 19.1 Å². The number of nitrogens with one attached hydrogen (secondary N) is 1. The fourth-order valence-electron chi connectivity index (χ4n) is 1.51. The number of amides is 1. The van der Waals surface area contributed by atoms with E-state index in [9.17, 15) is 9.90 Å². The number of rotatable bonds is 4. The van der Waals surface area contributed by atoms with Crippen LogP contribution in [0.3, 0.4) is 0 Å². The van der Waals surface area contributed by atoms with Gasteiger partial charge in [0, 0.05) is 7.05 Å². The maximum Gasteiger partial charge on any atom is 0.407 e. The molecule has 2 atom stereocenters. The first-order valence-corrected chi connectivity index (χ1v) is 5.38. The van der Waals surface area contributed by atoms with Gasteiger partial charge in [-0.1, -0.05) is 36.9 Å². The van der Waals surface area contributed by atoms with Gasteiger partial charge in [0.05, 0.1) is 0 Å². The number of hydrogen-bond acceptors (Lipinski definition) is 3. The smallest absolute Gasteiger partial charge is 0.407 e. The molecule has 0 aromatic heterocycles. The van der Waals surface area contributed by atoms with E-state index in [-0.39, 0.29) is 0 Å². The number of aliphatic hydroxyl groups is 1. The second kappa shape index (κ2) is 6.06. The van der Waals surface area contributed by atoms with Crippen molar-refractivity contribution in [3.05, 3.63) is 42.0 Å². The predicted octanol–water partition coefficient (Wildman–Crippen LogP) is 2.11. The molecule has 0 saturated carbocycles. The van der Waals surface area contributed by atoms with E-state index in [0.29, 0.717) is 5.56 Å². The first-order chi connectivity index (χ1) is 8.10. The molecule has 17 heavy (non-hydrogen) atoms. The number of benzene rings is 1. The molecule has 0 fully saturated rings. The molecule has 1 aromatic carbocycles. The Morgan fingerprint density at radius 2 is 2.18 bits per heavy atom. The van der Waals surface area contributed by atoms with Crippen LogP contribution in [0.2, 0.25) is 0 Å². The molecular formula is C13H17NO3. The molecule has 4 nitrogen and oxygen atoms in total. The molecule has 4 heteroatoms. The molecule has 1 rings (SSSR count). The summed E-state index contributed by atoms with van der Waals surface area (Å²) < 4.78 is 4.98. The lowest BCUT2D eigenvalue weighted by atomic mass is 9.99. The third-order valence-corrected chi connectivity index (χ3v) is 2.48. The minimum Gasteiger partial charge on any atom is -0.443 e. The molecule has 0 spiro atoms. The summed E-state index contributed by atoms with van der Waals surface area (Å²) in [6.07, 6.45) is -0.407. The first-order valence-electron chi connectivity index (χ1n) is 5.38. The van der Waals surface area contributed by atoms with E-state index >= 15 is 0 Å². The van der Waals surface area contributed by atoms with Gasteiger partial charge in [0.1, 0.15) is 12.2 Å². The summed E-state index contributed by atoms with van der Waals surface area (Å²) in [5.41, 5.74) is 1.52. The lowest BCUT2D eigenvalue weighted by Crippen LogP contribution is -2.28. The Hall–Kier alpha value is -1.81. The van der Waals surface area contributed by atoms with Gasteiger partial charge in [-0.3, -0.25) is 0 Å². The maximum atomic E-state index is 11.0. The SMILES string of the molecule is C=Cc1ccccc1[C@@H](O)[C@@H](C)OC(=O)NC. The van der Waals surface area contributed by atoms with Crippen LogP contribution in [0.1, 0.15) is 24.2 Å². The van der Waals surface area contributed by atoms with Gasteiger partial charge in [-0.25, -0.2) is 4.79 Å². The highest BCUT2D eigenvalue weighted by molar-refractivity contribution is 5.67. The number of hydrogen-bond donors (Lipinski definition) is 2. The summed E-state index contributed by atoms with van der Waals surface area (Å²) in [4.78, 5) is 11.0. The minimum absolute atomic E-state index is 0.562. The quantitative estimate of drug-likeness (QED) is 0.840. The van der Waals surface area contributed by atoms with Crippen LogP contribution in [0.25, 0.3) is 6.08 Å². The molecule has 92 valence electrons. The molecular weight excluding hydrogens is 218 g/mol. The van der Waals surface area contributed by atoms with Crippen LogP contribution < -0.4 is 5.32 Å². The average Bonchev–Trinajstić information content (AvgIpc) is 2.37. The Morgan fingerprint density at radius 1 is 1.53 bits per heavy atom. The van der Waals surface area contributed by atoms with Crippen LogP contribution in [-0.2, 0) is 4.74 Å². The second-order valence-electron chi connectivity index (χ2n) is 3.64. The number of aliphatic hydroxyl groups excluding tert-OH is 1. The molecule has 0 bridgehead atoms. The van der Waals surface area contributed by atoms with Gasteiger partial charge in [0.15, 0.2) is 0 Å². The van der Waals surface area contributed by atoms with Crippen molar-refractivity contribution in [1.29, 1.82) is 0 Å². The van der Waals surface area contributed by atoms with Crippen molar-refractivity contribution in [3.8, 4) is 0 Å². The van der Waals surface area contributed by atoms with Crippen molar-refractivity contribution >= 4 is 12.2 Å². The van der Waals surface area contributed by atoms with E-state index in [1.165, 1.54) is 7.05 Å². The van der Waals surface area contributed by atoms with Gasteiger partial charge in [0.25, 0.3) is 0 Å². The van der Waals surface area contributed by atoms with Gasteiger partial charge in [-0.05, 0) is 18.1 Å². The van der Waals surface area contributed by atoms with Crippen molar-refractivity contribution in [3.63, 3.8) is 0 Å². The lowest BCUT2D eigenvalue weighted by Gasteiger charge is -2.20. The van der Waals surface area contributed by atoms with E-state index in [0.717, 1.165) is 5.56 Å². The number of carbonyl (C=O) groups is 1. The van der Waals surface area contributed by atoms with Crippen LogP contribution in [0.15, 0.2) is 30.8 Å². The van der Waals surface area contributed by atoms with Crippen molar-refractivity contribution in [2.45, 2.75) is 19.1 Å². The molecule has 1 amide bonds. The molecule has 2 N–H and O–H groups in total. The Bertz CT molecular complexity index is 403. The minimum atomic E-state index is -0.874. The molecule has 0 heterocycles. The van der Waals surface area contributed by atoms with Gasteiger partial charge in [0.2, 0.25) is 0 Å². The van der Waals surface area contributed by atoms with Gasteiger partial charge in [-0.2, -0.15) is 0 Å². The molecule has 0 unspecified atom stereocenters. The van der Waals surface area contributed by atoms with Gasteiger partial charge in [-0.15, -0.1) is 0 Å². The Kier molecular flexibility index (Phi) is 4.72. The zero-order valence-corrected chi connectivity index (χ0v) is 10.0. The molecule has 0 aliphatic carbocycles. The molecule has 0 radical (unpaired) electrons. The highest BCUT2D eigenvalue weighted by Gasteiger charge is 2.21. The first kappa shape index (κ1) is 13.3.